The first-order valence-electron chi connectivity index (χ1n) is 5.17. The zero-order chi connectivity index (χ0) is 14.3. The molecule has 0 saturated heterocycles. The number of aliphatic hydroxyl groups excluding tert-OH is 1. The SMILES string of the molecule is CCN(CC(F)(F)F)C(=O)NCCC(O)C(=O)O. The van der Waals surface area contributed by atoms with Crippen LogP contribution in [-0.4, -0.2) is 59.0 Å². The van der Waals surface area contributed by atoms with Crippen molar-refractivity contribution in [1.29, 1.82) is 0 Å². The van der Waals surface area contributed by atoms with Gasteiger partial charge >= 0.3 is 18.2 Å². The number of alkyl halides is 3. The molecule has 6 nitrogen and oxygen atoms in total. The molecular formula is C9H15F3N2O4. The molecule has 1 unspecified atom stereocenters. The molecule has 1 atom stereocenters. The second-order valence-electron chi connectivity index (χ2n) is 3.50. The highest BCUT2D eigenvalue weighted by Gasteiger charge is 2.32. The topological polar surface area (TPSA) is 89.9 Å². The first-order valence-corrected chi connectivity index (χ1v) is 5.17. The first kappa shape index (κ1) is 16.5. The number of urea groups is 1. The molecule has 18 heavy (non-hydrogen) atoms. The lowest BCUT2D eigenvalue weighted by Crippen LogP contribution is -2.45. The van der Waals surface area contributed by atoms with Crippen molar-refractivity contribution in [3.05, 3.63) is 0 Å². The molecule has 0 bridgehead atoms. The van der Waals surface area contributed by atoms with Gasteiger partial charge in [0.15, 0.2) is 6.10 Å². The van der Waals surface area contributed by atoms with E-state index in [0.29, 0.717) is 4.90 Å². The van der Waals surface area contributed by atoms with Crippen molar-refractivity contribution in [2.24, 2.45) is 0 Å². The minimum absolute atomic E-state index is 0.132. The van der Waals surface area contributed by atoms with Gasteiger partial charge in [0, 0.05) is 19.5 Å². The number of carboxylic acid groups (broad SMARTS) is 1. The third-order valence-electron chi connectivity index (χ3n) is 2.02. The molecule has 0 fully saturated rings. The van der Waals surface area contributed by atoms with Crippen LogP contribution >= 0.6 is 0 Å². The van der Waals surface area contributed by atoms with Crippen molar-refractivity contribution in [2.45, 2.75) is 25.6 Å². The Morgan fingerprint density at radius 2 is 1.94 bits per heavy atom. The van der Waals surface area contributed by atoms with E-state index >= 15 is 0 Å². The van der Waals surface area contributed by atoms with Gasteiger partial charge in [-0.15, -0.1) is 0 Å². The van der Waals surface area contributed by atoms with Gasteiger partial charge in [-0.1, -0.05) is 0 Å². The number of amides is 2. The standard InChI is InChI=1S/C9H15F3N2O4/c1-2-14(5-9(10,11)12)8(18)13-4-3-6(15)7(16)17/h6,15H,2-5H2,1H3,(H,13,18)(H,16,17). The zero-order valence-corrected chi connectivity index (χ0v) is 9.70. The van der Waals surface area contributed by atoms with Crippen molar-refractivity contribution in [1.82, 2.24) is 10.2 Å². The number of hydrogen-bond donors (Lipinski definition) is 3. The van der Waals surface area contributed by atoms with E-state index in [0.717, 1.165) is 0 Å². The number of nitrogens with zero attached hydrogens (tertiary/aromatic N) is 1. The number of carboxylic acids is 1. The number of rotatable bonds is 6. The number of carbonyl (C=O) groups is 2. The highest BCUT2D eigenvalue weighted by molar-refractivity contribution is 5.74. The molecule has 0 aromatic rings. The average Bonchev–Trinajstić information content (AvgIpc) is 2.23. The van der Waals surface area contributed by atoms with Crippen LogP contribution in [0.2, 0.25) is 0 Å². The van der Waals surface area contributed by atoms with Crippen LogP contribution in [0.25, 0.3) is 0 Å². The summed E-state index contributed by atoms with van der Waals surface area (Å²) in [5, 5.41) is 19.3. The van der Waals surface area contributed by atoms with Crippen molar-refractivity contribution >= 4 is 12.0 Å². The summed E-state index contributed by atoms with van der Waals surface area (Å²) in [5.41, 5.74) is 0. The molecule has 106 valence electrons. The summed E-state index contributed by atoms with van der Waals surface area (Å²) in [7, 11) is 0. The summed E-state index contributed by atoms with van der Waals surface area (Å²) in [4.78, 5) is 22.1. The first-order chi connectivity index (χ1) is 8.17. The Morgan fingerprint density at radius 1 is 1.39 bits per heavy atom. The normalized spacial score (nSPS) is 12.9. The average molecular weight is 272 g/mol. The van der Waals surface area contributed by atoms with Crippen LogP contribution in [0, 0.1) is 0 Å². The number of halogens is 3. The van der Waals surface area contributed by atoms with E-state index < -0.39 is 30.8 Å². The van der Waals surface area contributed by atoms with Crippen molar-refractivity contribution in [3.63, 3.8) is 0 Å². The molecule has 2 amide bonds. The molecule has 0 radical (unpaired) electrons. The molecule has 0 aromatic heterocycles. The third kappa shape index (κ3) is 6.94. The van der Waals surface area contributed by atoms with Gasteiger partial charge in [-0.3, -0.25) is 0 Å². The highest BCUT2D eigenvalue weighted by atomic mass is 19.4. The number of nitrogens with one attached hydrogen (secondary N) is 1. The van der Waals surface area contributed by atoms with Crippen LogP contribution in [0.1, 0.15) is 13.3 Å². The number of carbonyl (C=O) groups excluding carboxylic acids is 1. The lowest BCUT2D eigenvalue weighted by molar-refractivity contribution is -0.146. The van der Waals surface area contributed by atoms with Gasteiger partial charge in [0.05, 0.1) is 0 Å². The Morgan fingerprint density at radius 3 is 2.33 bits per heavy atom. The zero-order valence-electron chi connectivity index (χ0n) is 9.70. The highest BCUT2D eigenvalue weighted by Crippen LogP contribution is 2.16. The van der Waals surface area contributed by atoms with E-state index in [4.69, 9.17) is 10.2 Å². The maximum absolute atomic E-state index is 12.1. The molecule has 0 aliphatic heterocycles. The molecule has 0 rings (SSSR count). The molecule has 9 heteroatoms. The minimum Gasteiger partial charge on any atom is -0.479 e. The van der Waals surface area contributed by atoms with Crippen LogP contribution in [-0.2, 0) is 4.79 Å². The van der Waals surface area contributed by atoms with E-state index in [1.807, 2.05) is 0 Å². The van der Waals surface area contributed by atoms with E-state index in [9.17, 15) is 22.8 Å². The van der Waals surface area contributed by atoms with Gasteiger partial charge < -0.3 is 20.4 Å². The molecule has 3 N–H and O–H groups in total. The quantitative estimate of drug-likeness (QED) is 0.653. The predicted molar refractivity (Wildman–Crippen MR) is 55.0 cm³/mol. The molecular weight excluding hydrogens is 257 g/mol. The summed E-state index contributed by atoms with van der Waals surface area (Å²) in [6.07, 6.45) is -6.42. The van der Waals surface area contributed by atoms with E-state index in [1.54, 1.807) is 0 Å². The Hall–Kier alpha value is -1.51. The number of aliphatic hydroxyl groups is 1. The second-order valence-corrected chi connectivity index (χ2v) is 3.50. The maximum Gasteiger partial charge on any atom is 0.406 e. The van der Waals surface area contributed by atoms with Crippen molar-refractivity contribution in [2.75, 3.05) is 19.6 Å². The Balaban J connectivity index is 4.10. The summed E-state index contributed by atoms with van der Waals surface area (Å²) >= 11 is 0. The van der Waals surface area contributed by atoms with Gasteiger partial charge in [-0.25, -0.2) is 9.59 Å². The lowest BCUT2D eigenvalue weighted by atomic mass is 10.2. The largest absolute Gasteiger partial charge is 0.479 e. The van der Waals surface area contributed by atoms with Crippen molar-refractivity contribution in [3.8, 4) is 0 Å². The van der Waals surface area contributed by atoms with Gasteiger partial charge in [-0.2, -0.15) is 13.2 Å². The smallest absolute Gasteiger partial charge is 0.406 e. The van der Waals surface area contributed by atoms with Crippen LogP contribution in [0.15, 0.2) is 0 Å². The van der Waals surface area contributed by atoms with Gasteiger partial charge in [0.2, 0.25) is 0 Å². The second kappa shape index (κ2) is 7.04. The van der Waals surface area contributed by atoms with Crippen molar-refractivity contribution < 1.29 is 33.0 Å². The Kier molecular flexibility index (Phi) is 6.45. The fourth-order valence-corrected chi connectivity index (χ4v) is 1.09. The number of hydrogen-bond acceptors (Lipinski definition) is 3. The molecule has 0 aromatic carbocycles. The summed E-state index contributed by atoms with van der Waals surface area (Å²) in [5.74, 6) is -1.45. The lowest BCUT2D eigenvalue weighted by Gasteiger charge is -2.22. The fourth-order valence-electron chi connectivity index (χ4n) is 1.09. The number of aliphatic carboxylic acids is 1. The Labute approximate surface area is 101 Å². The van der Waals surface area contributed by atoms with E-state index in [-0.39, 0.29) is 19.5 Å². The maximum atomic E-state index is 12.1. The van der Waals surface area contributed by atoms with Crippen LogP contribution in [0.3, 0.4) is 0 Å². The fraction of sp³-hybridized carbons (Fsp3) is 0.778. The van der Waals surface area contributed by atoms with Gasteiger partial charge in [0.25, 0.3) is 0 Å². The summed E-state index contributed by atoms with van der Waals surface area (Å²) in [6.45, 7) is -0.346. The molecule has 0 heterocycles. The van der Waals surface area contributed by atoms with E-state index in [1.165, 1.54) is 6.92 Å². The molecule has 0 aliphatic carbocycles. The Bertz CT molecular complexity index is 296. The van der Waals surface area contributed by atoms with Crippen LogP contribution in [0.5, 0.6) is 0 Å². The third-order valence-corrected chi connectivity index (χ3v) is 2.02. The summed E-state index contributed by atoms with van der Waals surface area (Å²) < 4.78 is 36.2. The predicted octanol–water partition coefficient (Wildman–Crippen LogP) is 0.416. The van der Waals surface area contributed by atoms with E-state index in [2.05, 4.69) is 5.32 Å². The minimum atomic E-state index is -4.49. The molecule has 0 aliphatic rings. The summed E-state index contributed by atoms with van der Waals surface area (Å²) in [6, 6.07) is -0.951. The molecule has 0 spiro atoms. The molecule has 0 saturated carbocycles. The van der Waals surface area contributed by atoms with Gasteiger partial charge in [0.1, 0.15) is 6.54 Å². The van der Waals surface area contributed by atoms with Gasteiger partial charge in [-0.05, 0) is 6.92 Å². The van der Waals surface area contributed by atoms with Crippen LogP contribution < -0.4 is 5.32 Å². The monoisotopic (exact) mass is 272 g/mol. The van der Waals surface area contributed by atoms with Crippen LogP contribution in [0.4, 0.5) is 18.0 Å².